The Morgan fingerprint density at radius 1 is 1.04 bits per heavy atom. The second kappa shape index (κ2) is 6.29. The molecule has 2 aromatic carbocycles. The molecule has 0 N–H and O–H groups in total. The van der Waals surface area contributed by atoms with Crippen LogP contribution in [0, 0.1) is 4.64 Å². The molecule has 0 aliphatic heterocycles. The van der Waals surface area contributed by atoms with Crippen LogP contribution in [-0.4, -0.2) is 26.3 Å². The van der Waals surface area contributed by atoms with Crippen molar-refractivity contribution in [1.29, 1.82) is 0 Å². The lowest BCUT2D eigenvalue weighted by Crippen LogP contribution is -1.98. The summed E-state index contributed by atoms with van der Waals surface area (Å²) in [5.41, 5.74) is 2.11. The summed E-state index contributed by atoms with van der Waals surface area (Å²) in [7, 11) is 1.65. The van der Waals surface area contributed by atoms with E-state index in [4.69, 9.17) is 21.9 Å². The highest BCUT2D eigenvalue weighted by Gasteiger charge is 2.13. The number of rotatable bonds is 3. The van der Waals surface area contributed by atoms with Crippen molar-refractivity contribution in [1.82, 2.24) is 19.2 Å². The van der Waals surface area contributed by atoms with Crippen molar-refractivity contribution in [3.05, 3.63) is 71.6 Å². The van der Waals surface area contributed by atoms with Gasteiger partial charge in [0.05, 0.1) is 12.8 Å². The first-order valence-corrected chi connectivity index (χ1v) is 9.57. The van der Waals surface area contributed by atoms with Gasteiger partial charge in [-0.1, -0.05) is 42.5 Å². The van der Waals surface area contributed by atoms with Crippen molar-refractivity contribution >= 4 is 39.5 Å². The Balaban J connectivity index is 1.71. The van der Waals surface area contributed by atoms with E-state index in [1.165, 1.54) is 0 Å². The van der Waals surface area contributed by atoms with E-state index < -0.39 is 0 Å². The van der Waals surface area contributed by atoms with Gasteiger partial charge < -0.3 is 4.74 Å². The fourth-order valence-corrected chi connectivity index (χ4v) is 4.43. The maximum absolute atomic E-state index is 5.70. The molecule has 0 saturated carbocycles. The number of nitrogens with zero attached hydrogens (tertiary/aromatic N) is 4. The molecule has 0 atom stereocenters. The van der Waals surface area contributed by atoms with Crippen LogP contribution in [0.1, 0.15) is 0 Å². The van der Waals surface area contributed by atoms with E-state index in [-0.39, 0.29) is 0 Å². The van der Waals surface area contributed by atoms with Crippen LogP contribution in [-0.2, 0) is 0 Å². The lowest BCUT2D eigenvalue weighted by atomic mass is 10.2. The van der Waals surface area contributed by atoms with E-state index in [1.807, 2.05) is 47.0 Å². The van der Waals surface area contributed by atoms with Gasteiger partial charge in [-0.15, -0.1) is 11.3 Å². The monoisotopic (exact) mass is 390 g/mol. The molecule has 3 heterocycles. The van der Waals surface area contributed by atoms with Crippen molar-refractivity contribution in [3.8, 4) is 21.9 Å². The van der Waals surface area contributed by atoms with Crippen LogP contribution in [0.3, 0.4) is 0 Å². The van der Waals surface area contributed by atoms with E-state index in [9.17, 15) is 0 Å². The molecule has 0 aliphatic rings. The second-order valence-corrected chi connectivity index (χ2v) is 7.44. The number of aromatic nitrogens is 4. The summed E-state index contributed by atoms with van der Waals surface area (Å²) in [5, 5.41) is 5.41. The summed E-state index contributed by atoms with van der Waals surface area (Å²) in [6.45, 7) is 0. The first-order chi connectivity index (χ1) is 13.2. The molecular formula is C20H14N4OS2. The molecule has 0 bridgehead atoms. The molecule has 27 heavy (non-hydrogen) atoms. The van der Waals surface area contributed by atoms with E-state index >= 15 is 0 Å². The van der Waals surface area contributed by atoms with Crippen molar-refractivity contribution in [2.75, 3.05) is 7.11 Å². The van der Waals surface area contributed by atoms with Gasteiger partial charge in [0.25, 0.3) is 0 Å². The summed E-state index contributed by atoms with van der Waals surface area (Å²) in [6, 6.07) is 20.1. The average Bonchev–Trinajstić information content (AvgIpc) is 3.34. The molecule has 0 unspecified atom stereocenters. The maximum Gasteiger partial charge on any atom is 0.239 e. The third-order valence-electron chi connectivity index (χ3n) is 4.43. The number of methoxy groups -OCH3 is 1. The third-order valence-corrected chi connectivity index (χ3v) is 5.90. The molecule has 3 aromatic heterocycles. The molecule has 5 aromatic rings. The lowest BCUT2D eigenvalue weighted by molar-refractivity contribution is 0.415. The fraction of sp³-hybridized carbons (Fsp3) is 0.0500. The van der Waals surface area contributed by atoms with Crippen LogP contribution < -0.4 is 4.74 Å². The minimum absolute atomic E-state index is 0.667. The van der Waals surface area contributed by atoms with Gasteiger partial charge in [0, 0.05) is 10.3 Å². The minimum atomic E-state index is 0.667. The van der Waals surface area contributed by atoms with Gasteiger partial charge in [0.1, 0.15) is 21.5 Å². The number of thiophene rings is 1. The summed E-state index contributed by atoms with van der Waals surface area (Å²) >= 11 is 7.34. The van der Waals surface area contributed by atoms with Crippen molar-refractivity contribution in [2.45, 2.75) is 0 Å². The molecular weight excluding hydrogens is 376 g/mol. The quantitative estimate of drug-likeness (QED) is 0.400. The predicted octanol–water partition coefficient (Wildman–Crippen LogP) is 5.14. The summed E-state index contributed by atoms with van der Waals surface area (Å²) in [4.78, 5) is 6.91. The van der Waals surface area contributed by atoms with Crippen LogP contribution in [0.25, 0.3) is 32.1 Å². The largest absolute Gasteiger partial charge is 0.497 e. The molecule has 5 nitrogen and oxygen atoms in total. The normalized spacial score (nSPS) is 11.3. The van der Waals surface area contributed by atoms with Gasteiger partial charge in [0.15, 0.2) is 0 Å². The second-order valence-electron chi connectivity index (χ2n) is 6.02. The first kappa shape index (κ1) is 16.2. The van der Waals surface area contributed by atoms with Crippen LogP contribution in [0.4, 0.5) is 0 Å². The Morgan fingerprint density at radius 3 is 2.56 bits per heavy atom. The van der Waals surface area contributed by atoms with E-state index in [1.54, 1.807) is 29.3 Å². The number of ether oxygens (including phenoxy) is 1. The van der Waals surface area contributed by atoms with E-state index in [2.05, 4.69) is 23.3 Å². The Kier molecular flexibility index (Phi) is 3.77. The van der Waals surface area contributed by atoms with Gasteiger partial charge in [-0.05, 0) is 35.9 Å². The van der Waals surface area contributed by atoms with Gasteiger partial charge >= 0.3 is 0 Å². The minimum Gasteiger partial charge on any atom is -0.497 e. The zero-order valence-electron chi connectivity index (χ0n) is 14.4. The highest BCUT2D eigenvalue weighted by atomic mass is 32.1. The number of benzene rings is 2. The zero-order chi connectivity index (χ0) is 18.4. The Labute approximate surface area is 164 Å². The van der Waals surface area contributed by atoms with Crippen LogP contribution in [0.2, 0.25) is 0 Å². The van der Waals surface area contributed by atoms with Crippen molar-refractivity contribution in [3.63, 3.8) is 0 Å². The summed E-state index contributed by atoms with van der Waals surface area (Å²) < 4.78 is 9.54. The van der Waals surface area contributed by atoms with E-state index in [0.717, 1.165) is 32.1 Å². The number of fused-ring (bicyclic) bond motifs is 2. The van der Waals surface area contributed by atoms with E-state index in [0.29, 0.717) is 10.4 Å². The van der Waals surface area contributed by atoms with Crippen molar-refractivity contribution in [2.24, 2.45) is 0 Å². The van der Waals surface area contributed by atoms with Crippen LogP contribution in [0.5, 0.6) is 5.75 Å². The standard InChI is InChI=1S/C20H14N4OS2/c1-25-15-9-7-14(8-10-15)23-12-21-24-19(26)16-11-17(13-5-3-2-4-6-13)27-18(16)22-20(23)24/h2-12H,1H3. The highest BCUT2D eigenvalue weighted by molar-refractivity contribution is 7.71. The molecule has 0 radical (unpaired) electrons. The Morgan fingerprint density at radius 2 is 1.81 bits per heavy atom. The van der Waals surface area contributed by atoms with Gasteiger partial charge in [-0.25, -0.2) is 4.98 Å². The third kappa shape index (κ3) is 2.63. The fourth-order valence-electron chi connectivity index (χ4n) is 3.05. The van der Waals surface area contributed by atoms with Crippen LogP contribution in [0.15, 0.2) is 67.0 Å². The number of hydrogen-bond donors (Lipinski definition) is 0. The topological polar surface area (TPSA) is 44.4 Å². The molecule has 0 fully saturated rings. The molecule has 5 rings (SSSR count). The maximum atomic E-state index is 5.70. The first-order valence-electron chi connectivity index (χ1n) is 8.34. The van der Waals surface area contributed by atoms with Gasteiger partial charge in [-0.3, -0.25) is 4.57 Å². The molecule has 0 aliphatic carbocycles. The highest BCUT2D eigenvalue weighted by Crippen LogP contribution is 2.33. The molecule has 0 saturated heterocycles. The average molecular weight is 390 g/mol. The Bertz CT molecular complexity index is 1320. The predicted molar refractivity (Wildman–Crippen MR) is 111 cm³/mol. The molecule has 0 spiro atoms. The lowest BCUT2D eigenvalue weighted by Gasteiger charge is -2.04. The van der Waals surface area contributed by atoms with Gasteiger partial charge in [0.2, 0.25) is 5.78 Å². The van der Waals surface area contributed by atoms with Crippen molar-refractivity contribution < 1.29 is 4.74 Å². The molecule has 132 valence electrons. The molecule has 7 heteroatoms. The summed E-state index contributed by atoms with van der Waals surface area (Å²) in [5.74, 6) is 1.50. The number of hydrogen-bond acceptors (Lipinski definition) is 5. The smallest absolute Gasteiger partial charge is 0.239 e. The van der Waals surface area contributed by atoms with Crippen LogP contribution >= 0.6 is 23.6 Å². The Hall–Kier alpha value is -3.03. The summed E-state index contributed by atoms with van der Waals surface area (Å²) in [6.07, 6.45) is 1.74. The van der Waals surface area contributed by atoms with Gasteiger partial charge in [-0.2, -0.15) is 9.61 Å². The zero-order valence-corrected chi connectivity index (χ0v) is 16.0. The SMILES string of the molecule is COc1ccc(-n2cnn3c(=S)c4cc(-c5ccccc5)sc4nc23)cc1. The molecule has 0 amide bonds.